The van der Waals surface area contributed by atoms with Crippen molar-refractivity contribution >= 4 is 13.9 Å². The van der Waals surface area contributed by atoms with E-state index in [9.17, 15) is 0 Å². The minimum absolute atomic E-state index is 0.188. The number of rotatable bonds is 7. The van der Waals surface area contributed by atoms with E-state index in [0.29, 0.717) is 13.2 Å². The zero-order valence-electron chi connectivity index (χ0n) is 17.1. The average Bonchev–Trinajstić information content (AvgIpc) is 2.58. The molecule has 0 atom stereocenters. The van der Waals surface area contributed by atoms with E-state index in [1.165, 1.54) is 5.56 Å². The second-order valence-corrected chi connectivity index (χ2v) is 13.2. The van der Waals surface area contributed by atoms with Gasteiger partial charge in [0.1, 0.15) is 12.4 Å². The second kappa shape index (κ2) is 8.23. The van der Waals surface area contributed by atoms with E-state index in [1.807, 2.05) is 18.2 Å². The summed E-state index contributed by atoms with van der Waals surface area (Å²) in [6, 6.07) is 16.5. The third-order valence-electron chi connectivity index (χ3n) is 5.17. The van der Waals surface area contributed by atoms with Gasteiger partial charge in [-0.25, -0.2) is 0 Å². The Kier molecular flexibility index (Phi) is 6.48. The van der Waals surface area contributed by atoms with Crippen LogP contribution in [0.5, 0.6) is 5.75 Å². The summed E-state index contributed by atoms with van der Waals surface area (Å²) in [6.07, 6.45) is 0. The third-order valence-corrected chi connectivity index (χ3v) is 9.65. The molecule has 0 heterocycles. The summed E-state index contributed by atoms with van der Waals surface area (Å²) in [5, 5.41) is 0.188. The predicted octanol–water partition coefficient (Wildman–Crippen LogP) is 6.61. The van der Waals surface area contributed by atoms with E-state index in [0.717, 1.165) is 22.4 Å². The topological polar surface area (TPSA) is 18.5 Å². The molecule has 0 fully saturated rings. The molecule has 0 aliphatic carbocycles. The van der Waals surface area contributed by atoms with Crippen molar-refractivity contribution in [3.8, 4) is 5.75 Å². The van der Waals surface area contributed by atoms with E-state index in [-0.39, 0.29) is 5.04 Å². The lowest BCUT2D eigenvalue weighted by Gasteiger charge is -2.36. The molecule has 0 radical (unpaired) electrons. The first-order chi connectivity index (χ1) is 12.1. The zero-order chi connectivity index (χ0) is 19.4. The quantitative estimate of drug-likeness (QED) is 0.512. The van der Waals surface area contributed by atoms with Gasteiger partial charge in [0, 0.05) is 5.56 Å². The molecular weight excluding hydrogens is 336 g/mol. The minimum Gasteiger partial charge on any atom is -0.488 e. The van der Waals surface area contributed by atoms with Crippen molar-refractivity contribution < 1.29 is 9.16 Å². The lowest BCUT2D eigenvalue weighted by molar-refractivity contribution is 0.303. The summed E-state index contributed by atoms with van der Waals surface area (Å²) in [5.74, 6) is 0.873. The minimum atomic E-state index is -1.80. The van der Waals surface area contributed by atoms with E-state index < -0.39 is 8.32 Å². The summed E-state index contributed by atoms with van der Waals surface area (Å²) in [7, 11) is -1.80. The van der Waals surface area contributed by atoms with Crippen molar-refractivity contribution in [2.24, 2.45) is 0 Å². The molecule has 0 aliphatic heterocycles. The van der Waals surface area contributed by atoms with Gasteiger partial charge in [0.05, 0.1) is 6.61 Å². The summed E-state index contributed by atoms with van der Waals surface area (Å²) in [4.78, 5) is 0. The van der Waals surface area contributed by atoms with Gasteiger partial charge in [-0.05, 0) is 47.8 Å². The molecule has 0 saturated heterocycles. The molecule has 0 N–H and O–H groups in total. The van der Waals surface area contributed by atoms with Crippen molar-refractivity contribution in [2.75, 3.05) is 6.61 Å². The normalized spacial score (nSPS) is 12.1. The van der Waals surface area contributed by atoms with Crippen molar-refractivity contribution in [3.05, 3.63) is 71.8 Å². The fraction of sp³-hybridized carbons (Fsp3) is 0.391. The number of ether oxygens (including phenoxy) is 1. The molecule has 2 aromatic carbocycles. The van der Waals surface area contributed by atoms with Crippen LogP contribution in [0.25, 0.3) is 5.57 Å². The highest BCUT2D eigenvalue weighted by Gasteiger charge is 2.37. The van der Waals surface area contributed by atoms with Crippen LogP contribution in [0.15, 0.2) is 55.1 Å². The molecule has 2 nitrogen and oxygen atoms in total. The van der Waals surface area contributed by atoms with Gasteiger partial charge in [-0.1, -0.05) is 69.8 Å². The highest BCUT2D eigenvalue weighted by Crippen LogP contribution is 2.37. The maximum atomic E-state index is 6.34. The number of benzene rings is 2. The van der Waals surface area contributed by atoms with Crippen LogP contribution in [-0.4, -0.2) is 14.9 Å². The molecule has 2 rings (SSSR count). The van der Waals surface area contributed by atoms with Gasteiger partial charge < -0.3 is 9.16 Å². The van der Waals surface area contributed by atoms with Gasteiger partial charge in [0.25, 0.3) is 0 Å². The van der Waals surface area contributed by atoms with Crippen LogP contribution in [0, 0.1) is 6.92 Å². The summed E-state index contributed by atoms with van der Waals surface area (Å²) < 4.78 is 12.5. The molecule has 2 aromatic rings. The molecule has 0 bridgehead atoms. The van der Waals surface area contributed by atoms with Gasteiger partial charge in [0.2, 0.25) is 0 Å². The van der Waals surface area contributed by atoms with Crippen molar-refractivity contribution in [1.29, 1.82) is 0 Å². The largest absolute Gasteiger partial charge is 0.488 e. The fourth-order valence-electron chi connectivity index (χ4n) is 2.34. The lowest BCUT2D eigenvalue weighted by Crippen LogP contribution is -2.41. The fourth-order valence-corrected chi connectivity index (χ4v) is 3.31. The van der Waals surface area contributed by atoms with Crippen LogP contribution >= 0.6 is 0 Å². The lowest BCUT2D eigenvalue weighted by atomic mass is 10.0. The van der Waals surface area contributed by atoms with Crippen LogP contribution in [0.4, 0.5) is 0 Å². The maximum absolute atomic E-state index is 6.34. The highest BCUT2D eigenvalue weighted by atomic mass is 28.4. The van der Waals surface area contributed by atoms with Gasteiger partial charge in [-0.3, -0.25) is 0 Å². The molecule has 0 aliphatic rings. The second-order valence-electron chi connectivity index (χ2n) is 8.43. The molecule has 3 heteroatoms. The SMILES string of the molecule is C=C(CO[Si](C)(C)C(C)(C)C)c1ccc(C)cc1OCc1ccccc1. The van der Waals surface area contributed by atoms with Crippen molar-refractivity contribution in [3.63, 3.8) is 0 Å². The maximum Gasteiger partial charge on any atom is 0.192 e. The summed E-state index contributed by atoms with van der Waals surface area (Å²) in [5.41, 5.74) is 4.33. The first-order valence-corrected chi connectivity index (χ1v) is 12.1. The monoisotopic (exact) mass is 368 g/mol. The highest BCUT2D eigenvalue weighted by molar-refractivity contribution is 6.74. The Balaban J connectivity index is 2.12. The average molecular weight is 369 g/mol. The van der Waals surface area contributed by atoms with Crippen molar-refractivity contribution in [1.82, 2.24) is 0 Å². The van der Waals surface area contributed by atoms with Gasteiger partial charge >= 0.3 is 0 Å². The number of aryl methyl sites for hydroxylation is 1. The molecule has 0 saturated carbocycles. The van der Waals surface area contributed by atoms with E-state index in [2.05, 4.69) is 77.7 Å². The van der Waals surface area contributed by atoms with E-state index >= 15 is 0 Å². The smallest absolute Gasteiger partial charge is 0.192 e. The van der Waals surface area contributed by atoms with Gasteiger partial charge in [0.15, 0.2) is 8.32 Å². The molecule has 140 valence electrons. The zero-order valence-corrected chi connectivity index (χ0v) is 18.1. The van der Waals surface area contributed by atoms with Crippen LogP contribution in [0.1, 0.15) is 37.5 Å². The number of hydrogen-bond donors (Lipinski definition) is 0. The summed E-state index contributed by atoms with van der Waals surface area (Å²) >= 11 is 0. The Bertz CT molecular complexity index is 743. The molecule has 0 amide bonds. The van der Waals surface area contributed by atoms with Crippen LogP contribution in [0.3, 0.4) is 0 Å². The molecule has 0 unspecified atom stereocenters. The third kappa shape index (κ3) is 5.32. The van der Waals surface area contributed by atoms with Gasteiger partial charge in [-0.15, -0.1) is 0 Å². The predicted molar refractivity (Wildman–Crippen MR) is 114 cm³/mol. The summed E-state index contributed by atoms with van der Waals surface area (Å²) in [6.45, 7) is 18.7. The molecular formula is C23H32O2Si. The molecule has 26 heavy (non-hydrogen) atoms. The van der Waals surface area contributed by atoms with Crippen LogP contribution in [0.2, 0.25) is 18.1 Å². The Labute approximate surface area is 160 Å². The molecule has 0 spiro atoms. The van der Waals surface area contributed by atoms with Crippen LogP contribution in [-0.2, 0) is 11.0 Å². The van der Waals surface area contributed by atoms with Crippen LogP contribution < -0.4 is 4.74 Å². The van der Waals surface area contributed by atoms with Crippen molar-refractivity contribution in [2.45, 2.75) is 52.4 Å². The Morgan fingerprint density at radius 3 is 2.31 bits per heavy atom. The first-order valence-electron chi connectivity index (χ1n) is 9.19. The molecule has 0 aromatic heterocycles. The van der Waals surface area contributed by atoms with Gasteiger partial charge in [-0.2, -0.15) is 0 Å². The van der Waals surface area contributed by atoms with E-state index in [4.69, 9.17) is 9.16 Å². The Morgan fingerprint density at radius 1 is 1.04 bits per heavy atom. The van der Waals surface area contributed by atoms with E-state index in [1.54, 1.807) is 0 Å². The Hall–Kier alpha value is -1.84. The Morgan fingerprint density at radius 2 is 1.69 bits per heavy atom. The first kappa shape index (κ1) is 20.5. The standard InChI is InChI=1S/C23H32O2Si/c1-18-13-14-21(19(2)16-25-26(6,7)23(3,4)5)22(15-18)24-17-20-11-9-8-10-12-20/h8-15H,2,16-17H2,1,3-7H3. The number of hydrogen-bond acceptors (Lipinski definition) is 2.